The van der Waals surface area contributed by atoms with Crippen LogP contribution in [0.5, 0.6) is 11.5 Å². The Labute approximate surface area is 180 Å². The molecule has 0 spiro atoms. The fraction of sp³-hybridized carbons (Fsp3) is 0.304. The molecule has 8 heteroatoms. The van der Waals surface area contributed by atoms with Gasteiger partial charge in [0.15, 0.2) is 0 Å². The van der Waals surface area contributed by atoms with Crippen molar-refractivity contribution in [2.75, 3.05) is 18.4 Å². The Morgan fingerprint density at radius 1 is 1.16 bits per heavy atom. The predicted octanol–water partition coefficient (Wildman–Crippen LogP) is 3.88. The zero-order chi connectivity index (χ0) is 21.8. The second-order valence-corrected chi connectivity index (χ2v) is 7.74. The van der Waals surface area contributed by atoms with Gasteiger partial charge >= 0.3 is 0 Å². The van der Waals surface area contributed by atoms with Gasteiger partial charge in [-0.15, -0.1) is 0 Å². The number of carbonyl (C=O) groups is 2. The second kappa shape index (κ2) is 8.99. The van der Waals surface area contributed by atoms with Crippen molar-refractivity contribution < 1.29 is 14.3 Å². The van der Waals surface area contributed by atoms with Crippen molar-refractivity contribution in [3.05, 3.63) is 65.7 Å². The average molecular weight is 419 g/mol. The van der Waals surface area contributed by atoms with E-state index in [0.717, 1.165) is 36.5 Å². The molecule has 1 aliphatic rings. The first kappa shape index (κ1) is 20.6. The lowest BCUT2D eigenvalue weighted by atomic mass is 9.93. The number of aromatic amines is 1. The van der Waals surface area contributed by atoms with Gasteiger partial charge in [-0.2, -0.15) is 5.10 Å². The molecule has 1 atom stereocenters. The number of pyridine rings is 1. The third-order valence-corrected chi connectivity index (χ3v) is 5.22. The van der Waals surface area contributed by atoms with Crippen LogP contribution < -0.4 is 10.1 Å². The zero-order valence-corrected chi connectivity index (χ0v) is 17.6. The molecule has 1 unspecified atom stereocenters. The Hall–Kier alpha value is -3.68. The summed E-state index contributed by atoms with van der Waals surface area (Å²) in [7, 11) is 0. The maximum Gasteiger partial charge on any atom is 0.271 e. The molecule has 2 aromatic heterocycles. The summed E-state index contributed by atoms with van der Waals surface area (Å²) in [5.41, 5.74) is 3.01. The number of aryl methyl sites for hydroxylation is 1. The van der Waals surface area contributed by atoms with Crippen molar-refractivity contribution in [2.45, 2.75) is 32.6 Å². The lowest BCUT2D eigenvalue weighted by molar-refractivity contribution is -0.114. The van der Waals surface area contributed by atoms with E-state index in [4.69, 9.17) is 9.72 Å². The molecule has 1 aliphatic heterocycles. The van der Waals surface area contributed by atoms with E-state index < -0.39 is 0 Å². The number of likely N-dealkylation sites (tertiary alicyclic amines) is 1. The van der Waals surface area contributed by atoms with Crippen molar-refractivity contribution in [2.24, 2.45) is 0 Å². The number of piperidine rings is 1. The number of rotatable bonds is 5. The molecule has 1 aromatic carbocycles. The predicted molar refractivity (Wildman–Crippen MR) is 116 cm³/mol. The van der Waals surface area contributed by atoms with Crippen LogP contribution in [-0.4, -0.2) is 45.0 Å². The molecule has 3 aromatic rings. The maximum atomic E-state index is 12.7. The number of nitrogens with zero attached hydrogens (tertiary/aromatic N) is 3. The minimum atomic E-state index is -0.115. The lowest BCUT2D eigenvalue weighted by Gasteiger charge is -2.32. The van der Waals surface area contributed by atoms with Crippen LogP contribution in [0.1, 0.15) is 47.6 Å². The minimum absolute atomic E-state index is 0.0365. The molecule has 1 saturated heterocycles. The summed E-state index contributed by atoms with van der Waals surface area (Å²) in [5, 5.41) is 9.36. The summed E-state index contributed by atoms with van der Waals surface area (Å²) in [4.78, 5) is 30.4. The SMILES string of the molecule is CC(=O)Nc1ccc(Oc2cc(C)nc(C3CCCN(C(=O)c4ccn[nH]4)C3)c2)cc1. The molecule has 0 radical (unpaired) electrons. The first-order valence-corrected chi connectivity index (χ1v) is 10.3. The van der Waals surface area contributed by atoms with Gasteiger partial charge in [0.05, 0.1) is 0 Å². The molecule has 31 heavy (non-hydrogen) atoms. The smallest absolute Gasteiger partial charge is 0.271 e. The zero-order valence-electron chi connectivity index (χ0n) is 17.6. The number of carbonyl (C=O) groups excluding carboxylic acids is 2. The molecule has 2 N–H and O–H groups in total. The van der Waals surface area contributed by atoms with Gasteiger partial charge in [-0.1, -0.05) is 0 Å². The minimum Gasteiger partial charge on any atom is -0.457 e. The first-order chi connectivity index (χ1) is 15.0. The molecule has 8 nitrogen and oxygen atoms in total. The topological polar surface area (TPSA) is 100 Å². The molecule has 160 valence electrons. The first-order valence-electron chi connectivity index (χ1n) is 10.3. The number of anilines is 1. The summed E-state index contributed by atoms with van der Waals surface area (Å²) >= 11 is 0. The Bertz CT molecular complexity index is 1060. The van der Waals surface area contributed by atoms with E-state index in [9.17, 15) is 9.59 Å². The monoisotopic (exact) mass is 419 g/mol. The quantitative estimate of drug-likeness (QED) is 0.654. The van der Waals surface area contributed by atoms with E-state index in [1.807, 2.05) is 36.1 Å². The number of hydrogen-bond acceptors (Lipinski definition) is 5. The van der Waals surface area contributed by atoms with E-state index in [2.05, 4.69) is 15.5 Å². The molecule has 0 saturated carbocycles. The third-order valence-electron chi connectivity index (χ3n) is 5.22. The standard InChI is InChI=1S/C23H25N5O3/c1-15-12-20(31-19-7-5-18(6-8-19)26-16(2)29)13-22(25-15)17-4-3-11-28(14-17)23(30)21-9-10-24-27-21/h5-10,12-13,17H,3-4,11,14H2,1-2H3,(H,24,27)(H,26,29). The normalized spacial score (nSPS) is 16.1. The summed E-state index contributed by atoms with van der Waals surface area (Å²) in [6.45, 7) is 4.75. The number of H-pyrrole nitrogens is 1. The number of benzene rings is 1. The van der Waals surface area contributed by atoms with E-state index in [1.54, 1.807) is 24.4 Å². The maximum absolute atomic E-state index is 12.7. The Morgan fingerprint density at radius 3 is 2.68 bits per heavy atom. The highest BCUT2D eigenvalue weighted by molar-refractivity contribution is 5.92. The molecule has 1 fully saturated rings. The fourth-order valence-electron chi connectivity index (χ4n) is 3.82. The average Bonchev–Trinajstić information content (AvgIpc) is 3.29. The summed E-state index contributed by atoms with van der Waals surface area (Å²) in [6, 6.07) is 12.8. The van der Waals surface area contributed by atoms with Crippen LogP contribution in [-0.2, 0) is 4.79 Å². The summed E-state index contributed by atoms with van der Waals surface area (Å²) < 4.78 is 6.04. The van der Waals surface area contributed by atoms with Gasteiger partial charge in [0.2, 0.25) is 5.91 Å². The van der Waals surface area contributed by atoms with Gasteiger partial charge in [-0.25, -0.2) is 0 Å². The van der Waals surface area contributed by atoms with E-state index in [-0.39, 0.29) is 17.7 Å². The lowest BCUT2D eigenvalue weighted by Crippen LogP contribution is -2.39. The molecular weight excluding hydrogens is 394 g/mol. The largest absolute Gasteiger partial charge is 0.457 e. The van der Waals surface area contributed by atoms with Crippen molar-refractivity contribution in [1.29, 1.82) is 0 Å². The highest BCUT2D eigenvalue weighted by Gasteiger charge is 2.27. The van der Waals surface area contributed by atoms with E-state index in [0.29, 0.717) is 23.7 Å². The van der Waals surface area contributed by atoms with Gasteiger partial charge in [-0.05, 0) is 50.1 Å². The highest BCUT2D eigenvalue weighted by atomic mass is 16.5. The summed E-state index contributed by atoms with van der Waals surface area (Å²) in [6.07, 6.45) is 3.47. The van der Waals surface area contributed by atoms with Crippen LogP contribution in [0.15, 0.2) is 48.7 Å². The number of aromatic nitrogens is 3. The van der Waals surface area contributed by atoms with Gasteiger partial charge in [0.25, 0.3) is 5.91 Å². The molecule has 4 rings (SSSR count). The fourth-order valence-corrected chi connectivity index (χ4v) is 3.82. The molecule has 0 aliphatic carbocycles. The number of hydrogen-bond donors (Lipinski definition) is 2. The molecule has 0 bridgehead atoms. The Morgan fingerprint density at radius 2 is 1.97 bits per heavy atom. The number of amides is 2. The Balaban J connectivity index is 1.48. The molecular formula is C23H25N5O3. The van der Waals surface area contributed by atoms with Crippen LogP contribution in [0.2, 0.25) is 0 Å². The van der Waals surface area contributed by atoms with Crippen molar-refractivity contribution in [1.82, 2.24) is 20.1 Å². The van der Waals surface area contributed by atoms with Crippen LogP contribution in [0.25, 0.3) is 0 Å². The van der Waals surface area contributed by atoms with Gasteiger partial charge < -0.3 is 15.0 Å². The van der Waals surface area contributed by atoms with E-state index in [1.165, 1.54) is 6.92 Å². The molecule has 2 amide bonds. The number of nitrogens with one attached hydrogen (secondary N) is 2. The van der Waals surface area contributed by atoms with Crippen molar-refractivity contribution in [3.63, 3.8) is 0 Å². The van der Waals surface area contributed by atoms with E-state index >= 15 is 0 Å². The highest BCUT2D eigenvalue weighted by Crippen LogP contribution is 2.31. The number of ether oxygens (including phenoxy) is 1. The van der Waals surface area contributed by atoms with Crippen molar-refractivity contribution >= 4 is 17.5 Å². The van der Waals surface area contributed by atoms with Gasteiger partial charge in [0.1, 0.15) is 17.2 Å². The van der Waals surface area contributed by atoms with Crippen LogP contribution in [0.4, 0.5) is 5.69 Å². The van der Waals surface area contributed by atoms with Crippen LogP contribution in [0, 0.1) is 6.92 Å². The second-order valence-electron chi connectivity index (χ2n) is 7.74. The van der Waals surface area contributed by atoms with Gasteiger partial charge in [-0.3, -0.25) is 19.7 Å². The van der Waals surface area contributed by atoms with Crippen LogP contribution in [0.3, 0.4) is 0 Å². The molecule has 3 heterocycles. The third kappa shape index (κ3) is 5.09. The Kier molecular flexibility index (Phi) is 5.97. The van der Waals surface area contributed by atoms with Crippen molar-refractivity contribution in [3.8, 4) is 11.5 Å². The van der Waals surface area contributed by atoms with Gasteiger partial charge in [0, 0.05) is 61.3 Å². The van der Waals surface area contributed by atoms with Crippen LogP contribution >= 0.6 is 0 Å². The summed E-state index contributed by atoms with van der Waals surface area (Å²) in [5.74, 6) is 1.36.